The summed E-state index contributed by atoms with van der Waals surface area (Å²) in [6.45, 7) is 17.7. The van der Waals surface area contributed by atoms with Crippen molar-refractivity contribution in [2.75, 3.05) is 14.2 Å². The van der Waals surface area contributed by atoms with E-state index in [9.17, 15) is 20.1 Å². The molecule has 43 heavy (non-hydrogen) atoms. The van der Waals surface area contributed by atoms with E-state index in [0.29, 0.717) is 18.8 Å². The summed E-state index contributed by atoms with van der Waals surface area (Å²) in [5.74, 6) is -3.18. The Morgan fingerprint density at radius 3 is 2.28 bits per heavy atom. The molecule has 0 aliphatic carbocycles. The van der Waals surface area contributed by atoms with Crippen LogP contribution in [0.2, 0.25) is 0 Å². The monoisotopic (exact) mass is 606 g/mol. The first-order chi connectivity index (χ1) is 20.1. The minimum Gasteiger partial charge on any atom is -0.490 e. The molecule has 2 rings (SSSR count). The van der Waals surface area contributed by atoms with Gasteiger partial charge in [-0.05, 0) is 50.5 Å². The largest absolute Gasteiger partial charge is 0.490 e. The van der Waals surface area contributed by atoms with Crippen molar-refractivity contribution in [1.29, 1.82) is 0 Å². The molecule has 0 spiro atoms. The molecule has 2 heterocycles. The Labute approximate surface area is 259 Å². The molecule has 0 aromatic heterocycles. The van der Waals surface area contributed by atoms with Crippen LogP contribution in [0.5, 0.6) is 0 Å². The zero-order chi connectivity index (χ0) is 32.6. The summed E-state index contributed by atoms with van der Waals surface area (Å²) in [6, 6.07) is 0. The molecule has 246 valence electrons. The number of carbonyl (C=O) groups is 1. The first-order valence-electron chi connectivity index (χ1n) is 15.8. The fourth-order valence-corrected chi connectivity index (χ4v) is 6.55. The van der Waals surface area contributed by atoms with Crippen molar-refractivity contribution in [1.82, 2.24) is 0 Å². The third kappa shape index (κ3) is 9.76. The lowest BCUT2D eigenvalue weighted by molar-refractivity contribution is -0.311. The van der Waals surface area contributed by atoms with Crippen LogP contribution in [0, 0.1) is 35.5 Å². The zero-order valence-corrected chi connectivity index (χ0v) is 28.2. The molecular weight excluding hydrogens is 548 g/mol. The quantitative estimate of drug-likeness (QED) is 0.315. The highest BCUT2D eigenvalue weighted by molar-refractivity contribution is 5.87. The van der Waals surface area contributed by atoms with Gasteiger partial charge in [-0.15, -0.1) is 0 Å². The third-order valence-electron chi connectivity index (χ3n) is 9.39. The van der Waals surface area contributed by atoms with Crippen LogP contribution in [-0.2, 0) is 23.7 Å². The van der Waals surface area contributed by atoms with Gasteiger partial charge in [-0.2, -0.15) is 0 Å². The number of ether oxygens (including phenoxy) is 4. The highest BCUT2D eigenvalue weighted by Gasteiger charge is 2.49. The lowest BCUT2D eigenvalue weighted by atomic mass is 9.77. The number of methoxy groups -OCH3 is 2. The number of hydrogen-bond acceptors (Lipinski definition) is 8. The molecule has 8 heteroatoms. The van der Waals surface area contributed by atoms with Gasteiger partial charge in [0.25, 0.3) is 0 Å². The van der Waals surface area contributed by atoms with E-state index in [2.05, 4.69) is 20.8 Å². The molecular formula is C35H58O8. The molecule has 0 aromatic carbocycles. The van der Waals surface area contributed by atoms with Gasteiger partial charge in [0.2, 0.25) is 5.76 Å². The van der Waals surface area contributed by atoms with Crippen LogP contribution < -0.4 is 0 Å². The molecule has 3 N–H and O–H groups in total. The maximum atomic E-state index is 13.5. The van der Waals surface area contributed by atoms with Crippen molar-refractivity contribution in [3.05, 3.63) is 47.3 Å². The van der Waals surface area contributed by atoms with Crippen LogP contribution in [0.25, 0.3) is 0 Å². The molecule has 0 bridgehead atoms. The van der Waals surface area contributed by atoms with Crippen LogP contribution in [0.3, 0.4) is 0 Å². The summed E-state index contributed by atoms with van der Waals surface area (Å²) in [7, 11) is 2.93. The Morgan fingerprint density at radius 2 is 1.70 bits per heavy atom. The van der Waals surface area contributed by atoms with Crippen molar-refractivity contribution < 1.29 is 39.1 Å². The summed E-state index contributed by atoms with van der Waals surface area (Å²) in [6.07, 6.45) is 7.60. The molecule has 2 aliphatic rings. The van der Waals surface area contributed by atoms with E-state index in [-0.39, 0.29) is 29.6 Å². The number of carbonyl (C=O) groups excluding carboxylic acids is 1. The maximum Gasteiger partial charge on any atom is 0.373 e. The molecule has 0 unspecified atom stereocenters. The van der Waals surface area contributed by atoms with Crippen LogP contribution in [-0.4, -0.2) is 71.8 Å². The average molecular weight is 607 g/mol. The Balaban J connectivity index is 2.50. The van der Waals surface area contributed by atoms with E-state index in [1.807, 2.05) is 45.9 Å². The molecule has 2 aliphatic heterocycles. The average Bonchev–Trinajstić information content (AvgIpc) is 2.95. The van der Waals surface area contributed by atoms with E-state index in [4.69, 9.17) is 18.9 Å². The molecule has 0 saturated carbocycles. The first-order valence-corrected chi connectivity index (χ1v) is 15.8. The minimum atomic E-state index is -1.52. The van der Waals surface area contributed by atoms with E-state index in [1.54, 1.807) is 26.0 Å². The van der Waals surface area contributed by atoms with Crippen LogP contribution in [0.4, 0.5) is 0 Å². The standard InChI is InChI=1S/C35H58O8/c1-20(2)32-23(5)15-16-35(39,43-32)27(9)31(37)26(8)33-28(40-10)14-12-13-21(3)17-24(6)30(36)25(7)18-22(4)19-29(41-11)34(38)42-33/h12-14,18-20,23-28,30-33,36-37,39H,15-17H2,1-11H3/t23-,24-,25+,26-,27-,28-,30-,31+,32+,33+,35+/m0/s1. The number of aliphatic hydroxyl groups is 3. The lowest BCUT2D eigenvalue weighted by Gasteiger charge is -2.47. The highest BCUT2D eigenvalue weighted by atomic mass is 16.6. The Morgan fingerprint density at radius 1 is 1.05 bits per heavy atom. The van der Waals surface area contributed by atoms with Gasteiger partial charge in [-0.25, -0.2) is 4.79 Å². The first kappa shape index (κ1) is 37.2. The van der Waals surface area contributed by atoms with Crippen molar-refractivity contribution in [3.8, 4) is 0 Å². The fourth-order valence-electron chi connectivity index (χ4n) is 6.55. The number of esters is 1. The number of rotatable bonds is 7. The Bertz CT molecular complexity index is 1030. The summed E-state index contributed by atoms with van der Waals surface area (Å²) in [5.41, 5.74) is 1.83. The molecule has 0 radical (unpaired) electrons. The van der Waals surface area contributed by atoms with Crippen LogP contribution in [0.15, 0.2) is 47.3 Å². The van der Waals surface area contributed by atoms with Gasteiger partial charge in [0.15, 0.2) is 5.79 Å². The van der Waals surface area contributed by atoms with Gasteiger partial charge in [0.1, 0.15) is 12.2 Å². The second-order valence-electron chi connectivity index (χ2n) is 13.4. The summed E-state index contributed by atoms with van der Waals surface area (Å²) >= 11 is 0. The van der Waals surface area contributed by atoms with Gasteiger partial charge in [-0.1, -0.05) is 83.9 Å². The number of hydrogen-bond donors (Lipinski definition) is 3. The topological polar surface area (TPSA) is 115 Å². The van der Waals surface area contributed by atoms with E-state index >= 15 is 0 Å². The molecule has 0 aromatic rings. The fraction of sp³-hybridized carbons (Fsp3) is 0.743. The minimum absolute atomic E-state index is 0.00658. The smallest absolute Gasteiger partial charge is 0.373 e. The van der Waals surface area contributed by atoms with Crippen molar-refractivity contribution >= 4 is 5.97 Å². The van der Waals surface area contributed by atoms with Gasteiger partial charge in [0.05, 0.1) is 25.4 Å². The number of allylic oxidation sites excluding steroid dienone is 5. The normalized spacial score (nSPS) is 35.7. The summed E-state index contributed by atoms with van der Waals surface area (Å²) in [5, 5.41) is 34.2. The Hall–Kier alpha value is -1.97. The second-order valence-corrected chi connectivity index (χ2v) is 13.4. The lowest BCUT2D eigenvalue weighted by Crippen LogP contribution is -2.55. The molecule has 11 atom stereocenters. The predicted molar refractivity (Wildman–Crippen MR) is 169 cm³/mol. The molecule has 1 fully saturated rings. The SMILES string of the molecule is COC1=CC(C)=C[C@@H](C)[C@@H](O)[C@@H](C)CC(C)=CC=C[C@H](OC)[C@@H]([C@@H](C)[C@@H](O)[C@H](C)[C@@]2(O)CC[C@H](C)[C@@H](C(C)C)O2)OC1=O. The van der Waals surface area contributed by atoms with E-state index < -0.39 is 48.0 Å². The van der Waals surface area contributed by atoms with Crippen molar-refractivity contribution in [2.45, 2.75) is 118 Å². The summed E-state index contributed by atoms with van der Waals surface area (Å²) < 4.78 is 23.5. The second kappa shape index (κ2) is 16.4. The van der Waals surface area contributed by atoms with Gasteiger partial charge < -0.3 is 34.3 Å². The van der Waals surface area contributed by atoms with Crippen LogP contribution >= 0.6 is 0 Å². The zero-order valence-electron chi connectivity index (χ0n) is 28.2. The van der Waals surface area contributed by atoms with Gasteiger partial charge >= 0.3 is 5.97 Å². The highest BCUT2D eigenvalue weighted by Crippen LogP contribution is 2.41. The van der Waals surface area contributed by atoms with Crippen molar-refractivity contribution in [2.24, 2.45) is 35.5 Å². The number of cyclic esters (lactones) is 1. The molecule has 0 amide bonds. The summed E-state index contributed by atoms with van der Waals surface area (Å²) in [4.78, 5) is 13.5. The third-order valence-corrected chi connectivity index (χ3v) is 9.39. The van der Waals surface area contributed by atoms with Crippen LogP contribution in [0.1, 0.15) is 81.6 Å². The number of aliphatic hydroxyl groups excluding tert-OH is 2. The Kier molecular flexibility index (Phi) is 14.2. The van der Waals surface area contributed by atoms with Crippen molar-refractivity contribution in [3.63, 3.8) is 0 Å². The van der Waals surface area contributed by atoms with Gasteiger partial charge in [-0.3, -0.25) is 0 Å². The maximum absolute atomic E-state index is 13.5. The predicted octanol–water partition coefficient (Wildman–Crippen LogP) is 5.72. The van der Waals surface area contributed by atoms with Gasteiger partial charge in [0, 0.05) is 31.3 Å². The molecule has 1 saturated heterocycles. The molecule has 8 nitrogen and oxygen atoms in total. The van der Waals surface area contributed by atoms with E-state index in [0.717, 1.165) is 17.6 Å². The van der Waals surface area contributed by atoms with E-state index in [1.165, 1.54) is 14.2 Å².